The molecule has 0 saturated carbocycles. The zero-order valence-electron chi connectivity index (χ0n) is 18.4. The van der Waals surface area contributed by atoms with Crippen LogP contribution in [0.15, 0.2) is 97.3 Å². The van der Waals surface area contributed by atoms with E-state index in [-0.39, 0.29) is 12.1 Å². The highest BCUT2D eigenvalue weighted by molar-refractivity contribution is 7.92. The summed E-state index contributed by atoms with van der Waals surface area (Å²) in [6.45, 7) is 0. The second kappa shape index (κ2) is 8.92. The molecule has 0 spiro atoms. The van der Waals surface area contributed by atoms with Gasteiger partial charge in [0.25, 0.3) is 0 Å². The van der Waals surface area contributed by atoms with Gasteiger partial charge in [0.2, 0.25) is 10.0 Å². The first kappa shape index (κ1) is 22.1. The average Bonchev–Trinajstić information content (AvgIpc) is 3.44. The van der Waals surface area contributed by atoms with Gasteiger partial charge in [-0.25, -0.2) is 8.42 Å². The Hall–Kier alpha value is -3.69. The Labute approximate surface area is 204 Å². The lowest BCUT2D eigenvalue weighted by Gasteiger charge is -2.29. The summed E-state index contributed by atoms with van der Waals surface area (Å²) >= 11 is 5.80. The zero-order chi connectivity index (χ0) is 23.7. The number of thiocarbonyl (C=S) groups is 1. The van der Waals surface area contributed by atoms with Crippen LogP contribution < -0.4 is 14.9 Å². The maximum absolute atomic E-state index is 11.6. The number of pyridine rings is 1. The molecule has 2 aromatic heterocycles. The Bertz CT molecular complexity index is 1400. The van der Waals surface area contributed by atoms with E-state index >= 15 is 0 Å². The first-order chi connectivity index (χ1) is 16.4. The fourth-order valence-corrected chi connectivity index (χ4v) is 5.21. The molecule has 3 heterocycles. The molecule has 0 amide bonds. The standard InChI is InChI=1S/C25H23N5O2S2/c1-34(31,32)28-18-12-14-20(15-13-18)30-24(23(27-25(30)33)21-10-5-6-16-26-21)22-11-7-17-29(22)19-8-3-2-4-9-19/h2-17,23-24,28H,1H3,(H,27,33)/t23-,24-/m0/s1. The van der Waals surface area contributed by atoms with Crippen molar-refractivity contribution in [3.63, 3.8) is 0 Å². The molecule has 0 aliphatic carbocycles. The molecule has 1 fully saturated rings. The van der Waals surface area contributed by atoms with Crippen molar-refractivity contribution in [1.82, 2.24) is 14.9 Å². The SMILES string of the molecule is CS(=O)(=O)Nc1ccc(N2C(=S)N[C@@H](c3ccccn3)[C@@H]2c2cccn2-c2ccccc2)cc1. The van der Waals surface area contributed by atoms with Crippen LogP contribution in [0.4, 0.5) is 11.4 Å². The highest BCUT2D eigenvalue weighted by atomic mass is 32.2. The lowest BCUT2D eigenvalue weighted by atomic mass is 10.0. The van der Waals surface area contributed by atoms with Gasteiger partial charge in [-0.1, -0.05) is 24.3 Å². The molecule has 2 N–H and O–H groups in total. The first-order valence-corrected chi connectivity index (χ1v) is 13.0. The predicted octanol–water partition coefficient (Wildman–Crippen LogP) is 4.42. The van der Waals surface area contributed by atoms with Crippen LogP contribution in [0.3, 0.4) is 0 Å². The van der Waals surface area contributed by atoms with E-state index in [1.54, 1.807) is 18.3 Å². The van der Waals surface area contributed by atoms with Crippen LogP contribution in [-0.4, -0.2) is 29.3 Å². The fraction of sp³-hybridized carbons (Fsp3) is 0.120. The Kier molecular flexibility index (Phi) is 5.80. The molecule has 9 heteroatoms. The van der Waals surface area contributed by atoms with E-state index < -0.39 is 10.0 Å². The van der Waals surface area contributed by atoms with Crippen LogP contribution in [-0.2, 0) is 10.0 Å². The molecular formula is C25H23N5O2S2. The van der Waals surface area contributed by atoms with Gasteiger partial charge < -0.3 is 14.8 Å². The molecule has 1 aliphatic rings. The van der Waals surface area contributed by atoms with Crippen LogP contribution in [0.2, 0.25) is 0 Å². The molecule has 2 atom stereocenters. The van der Waals surface area contributed by atoms with Crippen molar-refractivity contribution in [3.8, 4) is 5.69 Å². The van der Waals surface area contributed by atoms with Gasteiger partial charge in [0.1, 0.15) is 6.04 Å². The maximum Gasteiger partial charge on any atom is 0.229 e. The summed E-state index contributed by atoms with van der Waals surface area (Å²) in [5.74, 6) is 0. The minimum absolute atomic E-state index is 0.181. The number of hydrogen-bond acceptors (Lipinski definition) is 4. The average molecular weight is 490 g/mol. The third-order valence-corrected chi connectivity index (χ3v) is 6.59. The second-order valence-corrected chi connectivity index (χ2v) is 10.2. The topological polar surface area (TPSA) is 79.3 Å². The Morgan fingerprint density at radius 3 is 2.32 bits per heavy atom. The van der Waals surface area contributed by atoms with E-state index in [9.17, 15) is 8.42 Å². The minimum Gasteiger partial charge on any atom is -0.351 e. The van der Waals surface area contributed by atoms with Gasteiger partial charge in [-0.05, 0) is 72.9 Å². The van der Waals surface area contributed by atoms with E-state index in [4.69, 9.17) is 12.2 Å². The summed E-state index contributed by atoms with van der Waals surface area (Å²) in [7, 11) is -3.36. The van der Waals surface area contributed by atoms with Crippen molar-refractivity contribution in [2.24, 2.45) is 0 Å². The summed E-state index contributed by atoms with van der Waals surface area (Å²) < 4.78 is 27.9. The Morgan fingerprint density at radius 1 is 0.912 bits per heavy atom. The molecule has 0 bridgehead atoms. The summed E-state index contributed by atoms with van der Waals surface area (Å²) in [5, 5.41) is 4.03. The molecule has 5 rings (SSSR count). The van der Waals surface area contributed by atoms with Gasteiger partial charge >= 0.3 is 0 Å². The highest BCUT2D eigenvalue weighted by Crippen LogP contribution is 2.42. The number of nitrogens with zero attached hydrogens (tertiary/aromatic N) is 3. The van der Waals surface area contributed by atoms with Crippen molar-refractivity contribution in [2.75, 3.05) is 15.9 Å². The number of para-hydroxylation sites is 1. The molecule has 1 aliphatic heterocycles. The van der Waals surface area contributed by atoms with Crippen LogP contribution in [0, 0.1) is 0 Å². The first-order valence-electron chi connectivity index (χ1n) is 10.7. The molecular weight excluding hydrogens is 466 g/mol. The highest BCUT2D eigenvalue weighted by Gasteiger charge is 2.42. The molecule has 7 nitrogen and oxygen atoms in total. The lowest BCUT2D eigenvalue weighted by Crippen LogP contribution is -2.30. The van der Waals surface area contributed by atoms with E-state index in [1.807, 2.05) is 60.8 Å². The number of aromatic nitrogens is 2. The second-order valence-electron chi connectivity index (χ2n) is 8.06. The number of benzene rings is 2. The maximum atomic E-state index is 11.6. The van der Waals surface area contributed by atoms with Crippen molar-refractivity contribution in [2.45, 2.75) is 12.1 Å². The summed E-state index contributed by atoms with van der Waals surface area (Å²) in [6, 6.07) is 27.0. The molecule has 0 unspecified atom stereocenters. The van der Waals surface area contributed by atoms with E-state index in [0.29, 0.717) is 10.8 Å². The summed E-state index contributed by atoms with van der Waals surface area (Å²) in [5.41, 5.74) is 4.32. The van der Waals surface area contributed by atoms with Crippen LogP contribution in [0.1, 0.15) is 23.5 Å². The Morgan fingerprint density at radius 2 is 1.65 bits per heavy atom. The molecule has 4 aromatic rings. The van der Waals surface area contributed by atoms with Gasteiger partial charge in [0.05, 0.1) is 18.0 Å². The molecule has 1 saturated heterocycles. The van der Waals surface area contributed by atoms with Crippen molar-refractivity contribution >= 4 is 38.7 Å². The monoisotopic (exact) mass is 489 g/mol. The molecule has 172 valence electrons. The van der Waals surface area contributed by atoms with E-state index in [1.165, 1.54) is 0 Å². The van der Waals surface area contributed by atoms with Crippen LogP contribution >= 0.6 is 12.2 Å². The van der Waals surface area contributed by atoms with Crippen LogP contribution in [0.5, 0.6) is 0 Å². The third kappa shape index (κ3) is 4.40. The van der Waals surface area contributed by atoms with Gasteiger partial charge in [-0.2, -0.15) is 0 Å². The summed E-state index contributed by atoms with van der Waals surface area (Å²) in [6.07, 6.45) is 4.95. The molecule has 2 aromatic carbocycles. The minimum atomic E-state index is -3.36. The third-order valence-electron chi connectivity index (χ3n) is 5.66. The number of sulfonamides is 1. The van der Waals surface area contributed by atoms with Crippen molar-refractivity contribution in [3.05, 3.63) is 109 Å². The number of rotatable bonds is 6. The summed E-state index contributed by atoms with van der Waals surface area (Å²) in [4.78, 5) is 6.67. The number of hydrogen-bond donors (Lipinski definition) is 2. The zero-order valence-corrected chi connectivity index (χ0v) is 20.0. The normalized spacial score (nSPS) is 18.0. The van der Waals surface area contributed by atoms with Crippen molar-refractivity contribution in [1.29, 1.82) is 0 Å². The van der Waals surface area contributed by atoms with Crippen LogP contribution in [0.25, 0.3) is 5.69 Å². The van der Waals surface area contributed by atoms with Gasteiger partial charge in [-0.3, -0.25) is 9.71 Å². The number of nitrogens with one attached hydrogen (secondary N) is 2. The lowest BCUT2D eigenvalue weighted by molar-refractivity contribution is 0.549. The van der Waals surface area contributed by atoms with E-state index in [0.717, 1.165) is 29.0 Å². The van der Waals surface area contributed by atoms with Gasteiger partial charge in [0, 0.05) is 35.1 Å². The fourth-order valence-electron chi connectivity index (χ4n) is 4.30. The van der Waals surface area contributed by atoms with E-state index in [2.05, 4.69) is 42.7 Å². The largest absolute Gasteiger partial charge is 0.351 e. The van der Waals surface area contributed by atoms with Gasteiger partial charge in [-0.15, -0.1) is 0 Å². The quantitative estimate of drug-likeness (QED) is 0.391. The smallest absolute Gasteiger partial charge is 0.229 e. The Balaban J connectivity index is 1.60. The predicted molar refractivity (Wildman–Crippen MR) is 139 cm³/mol. The molecule has 34 heavy (non-hydrogen) atoms. The van der Waals surface area contributed by atoms with Crippen molar-refractivity contribution < 1.29 is 8.42 Å². The number of anilines is 2. The van der Waals surface area contributed by atoms with Gasteiger partial charge in [0.15, 0.2) is 5.11 Å². The molecule has 0 radical (unpaired) electrons.